The predicted octanol–water partition coefficient (Wildman–Crippen LogP) is 4.90. The normalized spacial score (nSPS) is 18.2. The number of nitrogens with one attached hydrogen (secondary N) is 2. The van der Waals surface area contributed by atoms with Crippen molar-refractivity contribution in [1.29, 1.82) is 0 Å². The third-order valence-corrected chi connectivity index (χ3v) is 6.83. The first-order valence-electron chi connectivity index (χ1n) is 12.0. The fraction of sp³-hybridized carbons (Fsp3) is 0.259. The maximum absolute atomic E-state index is 13.8. The predicted molar refractivity (Wildman–Crippen MR) is 147 cm³/mol. The van der Waals surface area contributed by atoms with E-state index in [1.807, 2.05) is 24.3 Å². The summed E-state index contributed by atoms with van der Waals surface area (Å²) in [6.07, 6.45) is -0.175. The lowest BCUT2D eigenvalue weighted by molar-refractivity contribution is -0.129. The summed E-state index contributed by atoms with van der Waals surface area (Å²) < 4.78 is 12.9. The van der Waals surface area contributed by atoms with E-state index in [2.05, 4.69) is 36.8 Å². The average Bonchev–Trinajstić information content (AvgIpc) is 3.31. The van der Waals surface area contributed by atoms with Crippen LogP contribution >= 0.6 is 15.9 Å². The number of aliphatic hydroxyl groups excluding tert-OH is 1. The van der Waals surface area contributed by atoms with E-state index in [1.54, 1.807) is 55.6 Å². The molecular formula is C27H27BrN6O4. The van der Waals surface area contributed by atoms with Gasteiger partial charge in [-0.1, -0.05) is 63.5 Å². The molecule has 1 aliphatic rings. The molecule has 0 radical (unpaired) electrons. The number of hydrogen-bond acceptors (Lipinski definition) is 7. The molecule has 0 spiro atoms. The first-order chi connectivity index (χ1) is 18.5. The van der Waals surface area contributed by atoms with Gasteiger partial charge in [-0.25, -0.2) is 10.4 Å². The van der Waals surface area contributed by atoms with Crippen LogP contribution in [0.15, 0.2) is 87.4 Å². The van der Waals surface area contributed by atoms with Gasteiger partial charge in [-0.3, -0.25) is 10.2 Å². The molecule has 1 aliphatic heterocycles. The van der Waals surface area contributed by atoms with E-state index < -0.39 is 17.6 Å². The quantitative estimate of drug-likeness (QED) is 0.0974. The van der Waals surface area contributed by atoms with Crippen molar-refractivity contribution >= 4 is 33.4 Å². The van der Waals surface area contributed by atoms with Crippen molar-refractivity contribution in [2.75, 3.05) is 20.3 Å². The van der Waals surface area contributed by atoms with Crippen LogP contribution in [0, 0.1) is 0 Å². The Bertz CT molecular complexity index is 1360. The van der Waals surface area contributed by atoms with E-state index >= 15 is 0 Å². The fourth-order valence-electron chi connectivity index (χ4n) is 4.26. The number of nitrogens with zero attached hydrogens (tertiary/aromatic N) is 4. The van der Waals surface area contributed by atoms with E-state index in [1.165, 1.54) is 0 Å². The average molecular weight is 579 g/mol. The van der Waals surface area contributed by atoms with Crippen LogP contribution in [0.3, 0.4) is 0 Å². The Labute approximate surface area is 228 Å². The van der Waals surface area contributed by atoms with Gasteiger partial charge in [0.25, 0.3) is 5.91 Å². The number of carbonyl (C=O) groups excluding carboxylic acids is 1. The number of rotatable bonds is 11. The van der Waals surface area contributed by atoms with E-state index in [0.29, 0.717) is 35.6 Å². The number of halogens is 1. The minimum atomic E-state index is -1.44. The molecule has 4 rings (SSSR count). The van der Waals surface area contributed by atoms with Gasteiger partial charge in [0.15, 0.2) is 11.6 Å². The van der Waals surface area contributed by atoms with Gasteiger partial charge in [-0.15, -0.1) is 0 Å². The number of aliphatic imine (C=N–C) groups is 1. The van der Waals surface area contributed by atoms with Crippen LogP contribution in [0.5, 0.6) is 5.75 Å². The number of benzene rings is 3. The van der Waals surface area contributed by atoms with Crippen molar-refractivity contribution in [3.05, 3.63) is 104 Å². The molecule has 11 heteroatoms. The zero-order valence-corrected chi connectivity index (χ0v) is 22.3. The largest absolute Gasteiger partial charge is 0.494 e. The Morgan fingerprint density at radius 3 is 2.63 bits per heavy atom. The highest BCUT2D eigenvalue weighted by atomic mass is 79.9. The van der Waals surface area contributed by atoms with Crippen molar-refractivity contribution in [3.63, 3.8) is 0 Å². The molecule has 0 aliphatic carbocycles. The minimum absolute atomic E-state index is 0.0513. The Morgan fingerprint density at radius 2 is 1.92 bits per heavy atom. The standard InChI is InChI=1S/C27H27BrN6O4/c1-30-33-26(36)27(17-19-7-2-4-9-22(19)28)24(21-8-3-5-10-23(21)32-34-29)38-25(31-27)18-11-13-20(14-12-18)37-16-6-15-35/h2-5,7-14,24,30,35H,6,15-17H2,1H3,(H,33,36)/t24-,27-/m0/s1. The highest BCUT2D eigenvalue weighted by Gasteiger charge is 2.54. The van der Waals surface area contributed by atoms with Gasteiger partial charge in [0, 0.05) is 52.7 Å². The highest BCUT2D eigenvalue weighted by Crippen LogP contribution is 2.45. The second-order valence-corrected chi connectivity index (χ2v) is 9.36. The van der Waals surface area contributed by atoms with Crippen molar-refractivity contribution in [2.24, 2.45) is 10.1 Å². The van der Waals surface area contributed by atoms with Crippen LogP contribution in [0.4, 0.5) is 5.69 Å². The lowest BCUT2D eigenvalue weighted by atomic mass is 9.81. The molecule has 2 atom stereocenters. The summed E-state index contributed by atoms with van der Waals surface area (Å²) in [6, 6.07) is 21.8. The Morgan fingerprint density at radius 1 is 1.18 bits per heavy atom. The molecule has 10 nitrogen and oxygen atoms in total. The molecule has 196 valence electrons. The second-order valence-electron chi connectivity index (χ2n) is 8.51. The van der Waals surface area contributed by atoms with Crippen LogP contribution in [-0.2, 0) is 16.0 Å². The maximum atomic E-state index is 13.8. The molecule has 1 heterocycles. The summed E-state index contributed by atoms with van der Waals surface area (Å²) in [6.45, 7) is 0.445. The van der Waals surface area contributed by atoms with E-state index in [-0.39, 0.29) is 18.9 Å². The van der Waals surface area contributed by atoms with Gasteiger partial charge in [0.05, 0.1) is 6.61 Å². The molecule has 0 bridgehead atoms. The molecule has 38 heavy (non-hydrogen) atoms. The molecule has 0 saturated heterocycles. The van der Waals surface area contributed by atoms with Gasteiger partial charge in [-0.2, -0.15) is 0 Å². The SMILES string of the molecule is CNNC(=O)[C@@]1(Cc2ccccc2Br)N=C(c2ccc(OCCCO)cc2)O[C@H]1c1ccccc1N=[N+]=[N-]. The van der Waals surface area contributed by atoms with Crippen molar-refractivity contribution in [3.8, 4) is 5.75 Å². The molecule has 3 N–H and O–H groups in total. The third kappa shape index (κ3) is 5.81. The number of carbonyl (C=O) groups is 1. The molecule has 1 amide bonds. The fourth-order valence-corrected chi connectivity index (χ4v) is 4.69. The topological polar surface area (TPSA) is 141 Å². The molecule has 0 saturated carbocycles. The molecule has 0 aromatic heterocycles. The van der Waals surface area contributed by atoms with Crippen molar-refractivity contribution in [2.45, 2.75) is 24.5 Å². The molecular weight excluding hydrogens is 552 g/mol. The van der Waals surface area contributed by atoms with Gasteiger partial charge >= 0.3 is 0 Å². The highest BCUT2D eigenvalue weighted by molar-refractivity contribution is 9.10. The van der Waals surface area contributed by atoms with Crippen LogP contribution in [0.2, 0.25) is 0 Å². The number of ether oxygens (including phenoxy) is 2. The van der Waals surface area contributed by atoms with Gasteiger partial charge in [-0.05, 0) is 41.4 Å². The number of aliphatic hydroxyl groups is 1. The summed E-state index contributed by atoms with van der Waals surface area (Å²) in [4.78, 5) is 21.7. The van der Waals surface area contributed by atoms with Crippen LogP contribution in [0.25, 0.3) is 10.4 Å². The molecule has 3 aromatic rings. The zero-order valence-electron chi connectivity index (χ0n) is 20.7. The second kappa shape index (κ2) is 12.6. The Hall–Kier alpha value is -3.89. The van der Waals surface area contributed by atoms with Crippen molar-refractivity contribution < 1.29 is 19.4 Å². The van der Waals surface area contributed by atoms with Gasteiger partial charge in [0.2, 0.25) is 5.90 Å². The maximum Gasteiger partial charge on any atom is 0.266 e. The number of amides is 1. The lowest BCUT2D eigenvalue weighted by Crippen LogP contribution is -2.53. The summed E-state index contributed by atoms with van der Waals surface area (Å²) in [5.74, 6) is 0.500. The van der Waals surface area contributed by atoms with Crippen LogP contribution in [0.1, 0.15) is 29.2 Å². The van der Waals surface area contributed by atoms with Crippen molar-refractivity contribution in [1.82, 2.24) is 10.9 Å². The number of hydrazine groups is 1. The minimum Gasteiger partial charge on any atom is -0.494 e. The van der Waals surface area contributed by atoms with E-state index in [4.69, 9.17) is 19.6 Å². The van der Waals surface area contributed by atoms with E-state index in [9.17, 15) is 10.3 Å². The number of hydrogen-bond donors (Lipinski definition) is 3. The summed E-state index contributed by atoms with van der Waals surface area (Å²) in [7, 11) is 1.60. The molecule has 0 fully saturated rings. The first-order valence-corrected chi connectivity index (χ1v) is 12.8. The summed E-state index contributed by atoms with van der Waals surface area (Å²) >= 11 is 3.59. The first kappa shape index (κ1) is 27.2. The number of azide groups is 1. The lowest BCUT2D eigenvalue weighted by Gasteiger charge is -2.31. The van der Waals surface area contributed by atoms with E-state index in [0.717, 1.165) is 10.0 Å². The van der Waals surface area contributed by atoms with Gasteiger partial charge in [0.1, 0.15) is 5.75 Å². The summed E-state index contributed by atoms with van der Waals surface area (Å²) in [5, 5.41) is 12.8. The molecule has 3 aromatic carbocycles. The monoisotopic (exact) mass is 578 g/mol. The molecule has 0 unspecified atom stereocenters. The Balaban J connectivity index is 1.83. The third-order valence-electron chi connectivity index (χ3n) is 6.06. The zero-order chi connectivity index (χ0) is 27.0. The smallest absolute Gasteiger partial charge is 0.266 e. The van der Waals surface area contributed by atoms with Crippen LogP contribution in [-0.4, -0.2) is 42.7 Å². The Kier molecular flexibility index (Phi) is 8.98. The van der Waals surface area contributed by atoms with Gasteiger partial charge < -0.3 is 14.6 Å². The summed E-state index contributed by atoms with van der Waals surface area (Å²) in [5.41, 5.74) is 15.5. The van der Waals surface area contributed by atoms with Crippen LogP contribution < -0.4 is 15.6 Å².